The number of aliphatic hydroxyl groups is 1. The van der Waals surface area contributed by atoms with Gasteiger partial charge in [-0.15, -0.1) is 0 Å². The topological polar surface area (TPSA) is 20.2 Å². The summed E-state index contributed by atoms with van der Waals surface area (Å²) >= 11 is 0. The zero-order chi connectivity index (χ0) is 13.0. The van der Waals surface area contributed by atoms with E-state index in [1.165, 1.54) is 16.7 Å². The summed E-state index contributed by atoms with van der Waals surface area (Å²) in [5.74, 6) is 0. The van der Waals surface area contributed by atoms with Crippen LogP contribution in [0.5, 0.6) is 0 Å². The lowest BCUT2D eigenvalue weighted by molar-refractivity contribution is 0.244. The first kappa shape index (κ1) is 12.6. The van der Waals surface area contributed by atoms with Gasteiger partial charge in [-0.25, -0.2) is 0 Å². The smallest absolute Gasteiger partial charge is 0.0698 e. The fraction of sp³-hybridized carbons (Fsp3) is 0.176. The normalized spacial score (nSPS) is 13.4. The average molecular weight is 238 g/mol. The average Bonchev–Trinajstić information content (AvgIpc) is 2.39. The molecule has 92 valence electrons. The maximum absolute atomic E-state index is 9.47. The molecule has 2 rings (SSSR count). The Labute approximate surface area is 108 Å². The highest BCUT2D eigenvalue weighted by atomic mass is 16.3. The first-order valence-corrected chi connectivity index (χ1v) is 6.20. The number of aliphatic hydroxyl groups excluding tert-OH is 1. The van der Waals surface area contributed by atoms with E-state index < -0.39 is 6.10 Å². The molecule has 0 radical (unpaired) electrons. The molecule has 0 fully saturated rings. The third-order valence-corrected chi connectivity index (χ3v) is 2.93. The molecule has 0 bridgehead atoms. The maximum Gasteiger partial charge on any atom is 0.0698 e. The van der Waals surface area contributed by atoms with Crippen LogP contribution in [-0.4, -0.2) is 11.2 Å². The lowest BCUT2D eigenvalue weighted by atomic mass is 9.95. The molecule has 1 unspecified atom stereocenters. The quantitative estimate of drug-likeness (QED) is 0.852. The third-order valence-electron chi connectivity index (χ3n) is 2.93. The largest absolute Gasteiger partial charge is 0.389 e. The summed E-state index contributed by atoms with van der Waals surface area (Å²) in [6.07, 6.45) is 1.45. The molecule has 1 N–H and O–H groups in total. The second kappa shape index (κ2) is 5.65. The summed E-state index contributed by atoms with van der Waals surface area (Å²) in [5, 5.41) is 9.47. The molecule has 0 aliphatic heterocycles. The Bertz CT molecular complexity index is 539. The summed E-state index contributed by atoms with van der Waals surface area (Å²) in [4.78, 5) is 0. The number of rotatable bonds is 3. The van der Waals surface area contributed by atoms with Gasteiger partial charge >= 0.3 is 0 Å². The van der Waals surface area contributed by atoms with E-state index >= 15 is 0 Å². The monoisotopic (exact) mass is 238 g/mol. The summed E-state index contributed by atoms with van der Waals surface area (Å²) in [5.41, 5.74) is 4.67. The van der Waals surface area contributed by atoms with Gasteiger partial charge in [-0.2, -0.15) is 0 Å². The molecule has 0 aliphatic rings. The molecule has 0 aromatic heterocycles. The molecule has 18 heavy (non-hydrogen) atoms. The molecule has 0 amide bonds. The van der Waals surface area contributed by atoms with Crippen LogP contribution in [-0.2, 0) is 0 Å². The van der Waals surface area contributed by atoms with Crippen molar-refractivity contribution in [1.82, 2.24) is 0 Å². The molecule has 0 aliphatic carbocycles. The summed E-state index contributed by atoms with van der Waals surface area (Å²) in [6, 6.07) is 18.6. The van der Waals surface area contributed by atoms with Gasteiger partial charge in [0, 0.05) is 0 Å². The van der Waals surface area contributed by atoms with Crippen LogP contribution < -0.4 is 0 Å². The molecule has 2 aromatic carbocycles. The highest BCUT2D eigenvalue weighted by Crippen LogP contribution is 2.28. The van der Waals surface area contributed by atoms with Crippen LogP contribution in [0.1, 0.15) is 19.4 Å². The highest BCUT2D eigenvalue weighted by molar-refractivity contribution is 5.80. The fourth-order valence-electron chi connectivity index (χ4n) is 2.15. The Kier molecular flexibility index (Phi) is 3.96. The molecule has 0 saturated carbocycles. The van der Waals surface area contributed by atoms with E-state index in [0.717, 1.165) is 5.57 Å². The van der Waals surface area contributed by atoms with Crippen LogP contribution in [0.3, 0.4) is 0 Å². The Morgan fingerprint density at radius 3 is 2.28 bits per heavy atom. The zero-order valence-electron chi connectivity index (χ0n) is 10.8. The Balaban J connectivity index is 2.50. The first-order valence-electron chi connectivity index (χ1n) is 6.20. The van der Waals surface area contributed by atoms with Gasteiger partial charge in [-0.05, 0) is 36.1 Å². The van der Waals surface area contributed by atoms with Gasteiger partial charge in [0.1, 0.15) is 0 Å². The summed E-state index contributed by atoms with van der Waals surface area (Å²) in [7, 11) is 0. The lowest BCUT2D eigenvalue weighted by Gasteiger charge is -2.11. The second-order valence-electron chi connectivity index (χ2n) is 4.50. The van der Waals surface area contributed by atoms with Gasteiger partial charge in [0.15, 0.2) is 0 Å². The third kappa shape index (κ3) is 2.88. The lowest BCUT2D eigenvalue weighted by Crippen LogP contribution is -1.95. The minimum atomic E-state index is -0.422. The number of benzene rings is 2. The van der Waals surface area contributed by atoms with E-state index in [9.17, 15) is 5.11 Å². The Morgan fingerprint density at radius 1 is 1.00 bits per heavy atom. The zero-order valence-corrected chi connectivity index (χ0v) is 10.8. The fourth-order valence-corrected chi connectivity index (χ4v) is 2.15. The second-order valence-corrected chi connectivity index (χ2v) is 4.50. The minimum absolute atomic E-state index is 0.422. The molecule has 0 spiro atoms. The Hall–Kier alpha value is -1.86. The molecule has 1 heteroatoms. The Morgan fingerprint density at radius 2 is 1.61 bits per heavy atom. The summed E-state index contributed by atoms with van der Waals surface area (Å²) in [6.45, 7) is 3.81. The van der Waals surface area contributed by atoms with Gasteiger partial charge < -0.3 is 5.11 Å². The van der Waals surface area contributed by atoms with Crippen molar-refractivity contribution in [2.75, 3.05) is 0 Å². The maximum atomic E-state index is 9.47. The standard InChI is InChI=1S/C17H18O/c1-13(12-14(2)18)16-10-6-7-11-17(16)15-8-4-3-5-9-15/h3-12,14,18H,1-2H3/b13-12+. The van der Waals surface area contributed by atoms with Crippen molar-refractivity contribution >= 4 is 5.57 Å². The minimum Gasteiger partial charge on any atom is -0.389 e. The van der Waals surface area contributed by atoms with E-state index in [4.69, 9.17) is 0 Å². The van der Waals surface area contributed by atoms with Crippen molar-refractivity contribution in [2.45, 2.75) is 20.0 Å². The molecular formula is C17H18O. The predicted molar refractivity (Wildman–Crippen MR) is 77.2 cm³/mol. The molecule has 1 nitrogen and oxygen atoms in total. The van der Waals surface area contributed by atoms with E-state index in [2.05, 4.69) is 24.3 Å². The van der Waals surface area contributed by atoms with Crippen molar-refractivity contribution in [3.05, 3.63) is 66.2 Å². The van der Waals surface area contributed by atoms with Crippen molar-refractivity contribution in [2.24, 2.45) is 0 Å². The molecule has 0 saturated heterocycles. The van der Waals surface area contributed by atoms with Gasteiger partial charge in [0.25, 0.3) is 0 Å². The van der Waals surface area contributed by atoms with Crippen LogP contribution >= 0.6 is 0 Å². The van der Waals surface area contributed by atoms with Crippen LogP contribution in [0.15, 0.2) is 60.7 Å². The number of hydrogen-bond donors (Lipinski definition) is 1. The van der Waals surface area contributed by atoms with Crippen molar-refractivity contribution < 1.29 is 5.11 Å². The van der Waals surface area contributed by atoms with Gasteiger partial charge in [-0.3, -0.25) is 0 Å². The van der Waals surface area contributed by atoms with Gasteiger partial charge in [0.2, 0.25) is 0 Å². The molecular weight excluding hydrogens is 220 g/mol. The van der Waals surface area contributed by atoms with Crippen LogP contribution in [0, 0.1) is 0 Å². The number of allylic oxidation sites excluding steroid dienone is 1. The molecule has 2 aromatic rings. The van der Waals surface area contributed by atoms with Crippen LogP contribution in [0.2, 0.25) is 0 Å². The van der Waals surface area contributed by atoms with Gasteiger partial charge in [-0.1, -0.05) is 60.7 Å². The summed E-state index contributed by atoms with van der Waals surface area (Å²) < 4.78 is 0. The van der Waals surface area contributed by atoms with E-state index in [-0.39, 0.29) is 0 Å². The predicted octanol–water partition coefficient (Wildman–Crippen LogP) is 4.14. The van der Waals surface area contributed by atoms with Crippen LogP contribution in [0.4, 0.5) is 0 Å². The van der Waals surface area contributed by atoms with Crippen molar-refractivity contribution in [1.29, 1.82) is 0 Å². The highest BCUT2D eigenvalue weighted by Gasteiger charge is 2.06. The SMILES string of the molecule is C/C(=C\C(C)O)c1ccccc1-c1ccccc1. The van der Waals surface area contributed by atoms with E-state index in [1.807, 2.05) is 43.3 Å². The van der Waals surface area contributed by atoms with Crippen molar-refractivity contribution in [3.63, 3.8) is 0 Å². The van der Waals surface area contributed by atoms with Crippen LogP contribution in [0.25, 0.3) is 16.7 Å². The number of hydrogen-bond acceptors (Lipinski definition) is 1. The first-order chi connectivity index (χ1) is 8.68. The van der Waals surface area contributed by atoms with E-state index in [1.54, 1.807) is 6.92 Å². The molecule has 1 atom stereocenters. The van der Waals surface area contributed by atoms with E-state index in [0.29, 0.717) is 0 Å². The molecule has 0 heterocycles. The van der Waals surface area contributed by atoms with Crippen molar-refractivity contribution in [3.8, 4) is 11.1 Å². The van der Waals surface area contributed by atoms with Gasteiger partial charge in [0.05, 0.1) is 6.10 Å².